The summed E-state index contributed by atoms with van der Waals surface area (Å²) in [6, 6.07) is 7.31. The van der Waals surface area contributed by atoms with Crippen LogP contribution >= 0.6 is 15.9 Å². The van der Waals surface area contributed by atoms with Crippen LogP contribution in [0.25, 0.3) is 0 Å². The second-order valence-corrected chi connectivity index (χ2v) is 5.27. The zero-order chi connectivity index (χ0) is 13.4. The SMILES string of the molecule is CC1=[N+](c2ccc(C)cc2)C(=O)N(C)C(=O)C1Br. The van der Waals surface area contributed by atoms with E-state index in [9.17, 15) is 9.59 Å². The lowest BCUT2D eigenvalue weighted by Crippen LogP contribution is -2.51. The fourth-order valence-electron chi connectivity index (χ4n) is 1.87. The molecule has 0 saturated carbocycles. The van der Waals surface area contributed by atoms with Crippen LogP contribution in [0, 0.1) is 6.92 Å². The van der Waals surface area contributed by atoms with Gasteiger partial charge in [-0.15, -0.1) is 0 Å². The molecule has 0 aliphatic carbocycles. The predicted octanol–water partition coefficient (Wildman–Crippen LogP) is 2.46. The molecule has 0 N–H and O–H groups in total. The first-order valence-electron chi connectivity index (χ1n) is 5.59. The highest BCUT2D eigenvalue weighted by atomic mass is 79.9. The van der Waals surface area contributed by atoms with Gasteiger partial charge in [-0.2, -0.15) is 14.3 Å². The van der Waals surface area contributed by atoms with Crippen LogP contribution < -0.4 is 0 Å². The van der Waals surface area contributed by atoms with Crippen molar-refractivity contribution in [2.75, 3.05) is 7.05 Å². The fourth-order valence-corrected chi connectivity index (χ4v) is 2.38. The van der Waals surface area contributed by atoms with Gasteiger partial charge in [0.2, 0.25) is 0 Å². The summed E-state index contributed by atoms with van der Waals surface area (Å²) < 4.78 is 1.56. The van der Waals surface area contributed by atoms with Crippen molar-refractivity contribution >= 4 is 39.3 Å². The molecule has 2 rings (SSSR count). The molecule has 0 saturated heterocycles. The number of amides is 3. The van der Waals surface area contributed by atoms with Crippen LogP contribution in [-0.2, 0) is 4.79 Å². The highest BCUT2D eigenvalue weighted by Crippen LogP contribution is 2.21. The van der Waals surface area contributed by atoms with E-state index in [1.807, 2.05) is 31.2 Å². The summed E-state index contributed by atoms with van der Waals surface area (Å²) in [5.41, 5.74) is 2.58. The monoisotopic (exact) mass is 309 g/mol. The molecule has 3 amide bonds. The smallest absolute Gasteiger partial charge is 0.245 e. The molecule has 0 bridgehead atoms. The van der Waals surface area contributed by atoms with Crippen LogP contribution in [0.5, 0.6) is 0 Å². The quantitative estimate of drug-likeness (QED) is 0.590. The third-order valence-electron chi connectivity index (χ3n) is 3.04. The molecule has 1 aliphatic heterocycles. The van der Waals surface area contributed by atoms with Crippen molar-refractivity contribution in [3.05, 3.63) is 29.8 Å². The second kappa shape index (κ2) is 4.65. The molecule has 0 spiro atoms. The van der Waals surface area contributed by atoms with E-state index in [1.165, 1.54) is 7.05 Å². The van der Waals surface area contributed by atoms with Crippen molar-refractivity contribution in [2.45, 2.75) is 18.7 Å². The molecule has 1 aromatic rings. The van der Waals surface area contributed by atoms with Crippen molar-refractivity contribution in [1.29, 1.82) is 0 Å². The minimum Gasteiger partial charge on any atom is -0.245 e. The van der Waals surface area contributed by atoms with E-state index in [1.54, 1.807) is 11.5 Å². The van der Waals surface area contributed by atoms with Crippen molar-refractivity contribution in [3.63, 3.8) is 0 Å². The van der Waals surface area contributed by atoms with Crippen LogP contribution in [-0.4, -0.2) is 39.0 Å². The number of urea groups is 1. The first kappa shape index (κ1) is 13.0. The Morgan fingerprint density at radius 1 is 1.17 bits per heavy atom. The molecule has 1 aliphatic rings. The third kappa shape index (κ3) is 1.99. The predicted molar refractivity (Wildman–Crippen MR) is 72.7 cm³/mol. The number of carbonyl (C=O) groups excluding carboxylic acids is 2. The Labute approximate surface area is 114 Å². The number of nitrogens with zero attached hydrogens (tertiary/aromatic N) is 2. The summed E-state index contributed by atoms with van der Waals surface area (Å²) in [5, 5.41) is 0. The first-order valence-corrected chi connectivity index (χ1v) is 6.51. The van der Waals surface area contributed by atoms with Gasteiger partial charge in [-0.1, -0.05) is 33.6 Å². The number of halogens is 1. The molecule has 1 atom stereocenters. The summed E-state index contributed by atoms with van der Waals surface area (Å²) in [7, 11) is 1.49. The summed E-state index contributed by atoms with van der Waals surface area (Å²) in [4.78, 5) is 24.6. The van der Waals surface area contributed by atoms with Gasteiger partial charge in [-0.3, -0.25) is 0 Å². The van der Waals surface area contributed by atoms with Crippen molar-refractivity contribution < 1.29 is 14.2 Å². The number of rotatable bonds is 1. The van der Waals surface area contributed by atoms with Gasteiger partial charge in [0.15, 0.2) is 4.83 Å². The van der Waals surface area contributed by atoms with Crippen molar-refractivity contribution in [3.8, 4) is 0 Å². The Morgan fingerprint density at radius 3 is 2.28 bits per heavy atom. The normalized spacial score (nSPS) is 20.7. The van der Waals surface area contributed by atoms with Gasteiger partial charge < -0.3 is 0 Å². The van der Waals surface area contributed by atoms with Crippen molar-refractivity contribution in [1.82, 2.24) is 4.90 Å². The highest BCUT2D eigenvalue weighted by Gasteiger charge is 2.43. The maximum Gasteiger partial charge on any atom is 0.505 e. The fraction of sp³-hybridized carbons (Fsp3) is 0.308. The van der Waals surface area contributed by atoms with Gasteiger partial charge in [0.1, 0.15) is 11.4 Å². The minimum atomic E-state index is -0.457. The Bertz CT molecular complexity index is 549. The van der Waals surface area contributed by atoms with E-state index in [0.717, 1.165) is 16.2 Å². The summed E-state index contributed by atoms with van der Waals surface area (Å²) in [6.45, 7) is 3.77. The van der Waals surface area contributed by atoms with Gasteiger partial charge >= 0.3 is 11.9 Å². The van der Waals surface area contributed by atoms with Gasteiger partial charge in [-0.05, 0) is 26.0 Å². The molecule has 18 heavy (non-hydrogen) atoms. The minimum absolute atomic E-state index is 0.235. The van der Waals surface area contributed by atoms with Gasteiger partial charge in [0.25, 0.3) is 0 Å². The zero-order valence-corrected chi connectivity index (χ0v) is 12.1. The van der Waals surface area contributed by atoms with E-state index >= 15 is 0 Å². The highest BCUT2D eigenvalue weighted by molar-refractivity contribution is 9.10. The number of carbonyl (C=O) groups is 2. The lowest BCUT2D eigenvalue weighted by molar-refractivity contribution is -0.346. The summed E-state index contributed by atoms with van der Waals surface area (Å²) >= 11 is 3.32. The molecule has 4 nitrogen and oxygen atoms in total. The van der Waals surface area contributed by atoms with E-state index in [0.29, 0.717) is 5.71 Å². The van der Waals surface area contributed by atoms with E-state index in [4.69, 9.17) is 0 Å². The summed E-state index contributed by atoms with van der Waals surface area (Å²) in [5.74, 6) is -0.235. The van der Waals surface area contributed by atoms with Crippen LogP contribution in [0.2, 0.25) is 0 Å². The number of imide groups is 1. The topological polar surface area (TPSA) is 40.4 Å². The second-order valence-electron chi connectivity index (χ2n) is 4.35. The Hall–Kier alpha value is -1.49. The van der Waals surface area contributed by atoms with E-state index in [2.05, 4.69) is 15.9 Å². The van der Waals surface area contributed by atoms with Gasteiger partial charge in [0, 0.05) is 0 Å². The molecular formula is C13H14BrN2O2+. The average molecular weight is 310 g/mol. The molecule has 1 unspecified atom stereocenters. The number of hydrogen-bond acceptors (Lipinski definition) is 2. The molecule has 1 heterocycles. The zero-order valence-electron chi connectivity index (χ0n) is 10.5. The Morgan fingerprint density at radius 2 is 1.72 bits per heavy atom. The lowest BCUT2D eigenvalue weighted by atomic mass is 10.2. The van der Waals surface area contributed by atoms with Crippen LogP contribution in [0.1, 0.15) is 12.5 Å². The van der Waals surface area contributed by atoms with Crippen LogP contribution in [0.15, 0.2) is 24.3 Å². The molecular weight excluding hydrogens is 296 g/mol. The van der Waals surface area contributed by atoms with E-state index in [-0.39, 0.29) is 11.9 Å². The summed E-state index contributed by atoms with van der Waals surface area (Å²) in [6.07, 6.45) is 0. The molecule has 94 valence electrons. The third-order valence-corrected chi connectivity index (χ3v) is 4.09. The molecule has 0 radical (unpaired) electrons. The standard InChI is InChI=1S/C13H14BrN2O2/c1-8-4-6-10(7-5-8)16-9(2)11(14)12(17)15(3)13(16)18/h4-7,11H,1-3H3/q+1. The van der Waals surface area contributed by atoms with Crippen LogP contribution in [0.3, 0.4) is 0 Å². The first-order chi connectivity index (χ1) is 8.43. The molecule has 0 fully saturated rings. The Balaban J connectivity index is 2.57. The molecule has 5 heteroatoms. The number of hydrogen-bond donors (Lipinski definition) is 0. The number of benzene rings is 1. The average Bonchev–Trinajstić information content (AvgIpc) is 2.36. The lowest BCUT2D eigenvalue weighted by Gasteiger charge is -2.21. The Kier molecular flexibility index (Phi) is 3.34. The van der Waals surface area contributed by atoms with Gasteiger partial charge in [-0.25, -0.2) is 4.79 Å². The number of alkyl halides is 1. The van der Waals surface area contributed by atoms with Crippen molar-refractivity contribution in [2.24, 2.45) is 0 Å². The van der Waals surface area contributed by atoms with E-state index < -0.39 is 4.83 Å². The maximum absolute atomic E-state index is 12.2. The van der Waals surface area contributed by atoms with Crippen LogP contribution in [0.4, 0.5) is 10.5 Å². The maximum atomic E-state index is 12.2. The number of aryl methyl sites for hydroxylation is 1. The molecule has 0 aromatic heterocycles. The largest absolute Gasteiger partial charge is 0.505 e. The molecule has 1 aromatic carbocycles. The van der Waals surface area contributed by atoms with Gasteiger partial charge in [0.05, 0.1) is 7.05 Å².